The molecule has 1 heterocycles. The predicted molar refractivity (Wildman–Crippen MR) is 84.8 cm³/mol. The van der Waals surface area contributed by atoms with Crippen molar-refractivity contribution in [3.05, 3.63) is 47.5 Å². The Balaban J connectivity index is 1.86. The number of benzene rings is 2. The van der Waals surface area contributed by atoms with Crippen LogP contribution in [0.2, 0.25) is 0 Å². The van der Waals surface area contributed by atoms with Gasteiger partial charge in [0.25, 0.3) is 0 Å². The average molecular weight is 302 g/mol. The van der Waals surface area contributed by atoms with Gasteiger partial charge < -0.3 is 14.2 Å². The standard InChI is InChI=1S/C17H18O3S/c1-11-8-14(19-3)9-16-17(11)20-15(10-21-16)12-4-6-13(18-2)7-5-12/h4-9,15H,10H2,1-3H3/t15-/m1/s1. The quantitative estimate of drug-likeness (QED) is 0.847. The summed E-state index contributed by atoms with van der Waals surface area (Å²) < 4.78 is 16.7. The van der Waals surface area contributed by atoms with Gasteiger partial charge in [0.1, 0.15) is 23.4 Å². The molecule has 0 amide bonds. The predicted octanol–water partition coefficient (Wildman–Crippen LogP) is 4.24. The van der Waals surface area contributed by atoms with E-state index in [9.17, 15) is 0 Å². The fourth-order valence-electron chi connectivity index (χ4n) is 2.41. The van der Waals surface area contributed by atoms with E-state index >= 15 is 0 Å². The molecule has 21 heavy (non-hydrogen) atoms. The summed E-state index contributed by atoms with van der Waals surface area (Å²) in [5.41, 5.74) is 2.28. The van der Waals surface area contributed by atoms with Gasteiger partial charge in [0, 0.05) is 5.75 Å². The van der Waals surface area contributed by atoms with Crippen LogP contribution in [0, 0.1) is 6.92 Å². The fraction of sp³-hybridized carbons (Fsp3) is 0.294. The fourth-order valence-corrected chi connectivity index (χ4v) is 3.54. The van der Waals surface area contributed by atoms with Crippen molar-refractivity contribution >= 4 is 11.8 Å². The Hall–Kier alpha value is -1.81. The van der Waals surface area contributed by atoms with Gasteiger partial charge in [-0.3, -0.25) is 0 Å². The van der Waals surface area contributed by atoms with Crippen LogP contribution < -0.4 is 14.2 Å². The van der Waals surface area contributed by atoms with Crippen molar-refractivity contribution in [2.45, 2.75) is 17.9 Å². The normalized spacial score (nSPS) is 16.8. The molecule has 1 aliphatic heterocycles. The molecule has 0 aromatic heterocycles. The SMILES string of the molecule is COc1ccc([C@H]2CSc3cc(OC)cc(C)c3O2)cc1. The van der Waals surface area contributed by atoms with Gasteiger partial charge in [-0.25, -0.2) is 0 Å². The highest BCUT2D eigenvalue weighted by Gasteiger charge is 2.24. The molecule has 1 aliphatic rings. The second-order valence-electron chi connectivity index (χ2n) is 4.96. The Kier molecular flexibility index (Phi) is 3.97. The highest BCUT2D eigenvalue weighted by atomic mass is 32.2. The number of thioether (sulfide) groups is 1. The number of hydrogen-bond acceptors (Lipinski definition) is 4. The molecule has 1 atom stereocenters. The van der Waals surface area contributed by atoms with Gasteiger partial charge in [-0.2, -0.15) is 0 Å². The molecule has 0 saturated carbocycles. The number of aryl methyl sites for hydroxylation is 1. The highest BCUT2D eigenvalue weighted by Crippen LogP contribution is 2.44. The lowest BCUT2D eigenvalue weighted by Crippen LogP contribution is -2.15. The number of ether oxygens (including phenoxy) is 3. The maximum absolute atomic E-state index is 6.20. The summed E-state index contributed by atoms with van der Waals surface area (Å²) in [6.45, 7) is 2.05. The summed E-state index contributed by atoms with van der Waals surface area (Å²) in [4.78, 5) is 1.15. The Bertz CT molecular complexity index is 637. The zero-order valence-electron chi connectivity index (χ0n) is 12.4. The largest absolute Gasteiger partial charge is 0.497 e. The maximum Gasteiger partial charge on any atom is 0.137 e. The minimum atomic E-state index is 0.0699. The minimum absolute atomic E-state index is 0.0699. The lowest BCUT2D eigenvalue weighted by atomic mass is 10.1. The summed E-state index contributed by atoms with van der Waals surface area (Å²) >= 11 is 1.81. The first kappa shape index (κ1) is 14.1. The van der Waals surface area contributed by atoms with Crippen molar-refractivity contribution in [3.8, 4) is 17.2 Å². The van der Waals surface area contributed by atoms with Crippen LogP contribution in [-0.2, 0) is 0 Å². The topological polar surface area (TPSA) is 27.7 Å². The Morgan fingerprint density at radius 2 is 1.76 bits per heavy atom. The van der Waals surface area contributed by atoms with Crippen LogP contribution in [0.4, 0.5) is 0 Å². The molecule has 0 saturated heterocycles. The molecule has 0 N–H and O–H groups in total. The highest BCUT2D eigenvalue weighted by molar-refractivity contribution is 7.99. The molecular formula is C17H18O3S. The lowest BCUT2D eigenvalue weighted by molar-refractivity contribution is 0.218. The molecule has 110 valence electrons. The smallest absolute Gasteiger partial charge is 0.137 e. The van der Waals surface area contributed by atoms with Crippen LogP contribution in [0.1, 0.15) is 17.2 Å². The van der Waals surface area contributed by atoms with Gasteiger partial charge in [-0.1, -0.05) is 12.1 Å². The van der Waals surface area contributed by atoms with E-state index in [1.165, 1.54) is 5.56 Å². The van der Waals surface area contributed by atoms with Crippen molar-refractivity contribution in [2.24, 2.45) is 0 Å². The minimum Gasteiger partial charge on any atom is -0.497 e. The average Bonchev–Trinajstić information content (AvgIpc) is 2.54. The molecule has 0 radical (unpaired) electrons. The van der Waals surface area contributed by atoms with Crippen LogP contribution in [-0.4, -0.2) is 20.0 Å². The third kappa shape index (κ3) is 2.81. The van der Waals surface area contributed by atoms with E-state index in [0.717, 1.165) is 33.5 Å². The molecule has 2 aromatic carbocycles. The van der Waals surface area contributed by atoms with Gasteiger partial charge in [0.05, 0.1) is 19.1 Å². The van der Waals surface area contributed by atoms with E-state index in [2.05, 4.69) is 19.1 Å². The van der Waals surface area contributed by atoms with Crippen LogP contribution in [0.5, 0.6) is 17.2 Å². The Morgan fingerprint density at radius 3 is 2.43 bits per heavy atom. The summed E-state index contributed by atoms with van der Waals surface area (Å²) in [6.07, 6.45) is 0.0699. The van der Waals surface area contributed by atoms with Crippen molar-refractivity contribution in [1.82, 2.24) is 0 Å². The zero-order chi connectivity index (χ0) is 14.8. The Labute approximate surface area is 129 Å². The molecule has 4 heteroatoms. The third-order valence-electron chi connectivity index (χ3n) is 3.59. The van der Waals surface area contributed by atoms with E-state index in [1.54, 1.807) is 14.2 Å². The van der Waals surface area contributed by atoms with Crippen molar-refractivity contribution in [1.29, 1.82) is 0 Å². The van der Waals surface area contributed by atoms with Crippen LogP contribution in [0.25, 0.3) is 0 Å². The molecule has 3 nitrogen and oxygen atoms in total. The van der Waals surface area contributed by atoms with Gasteiger partial charge in [0.2, 0.25) is 0 Å². The van der Waals surface area contributed by atoms with Crippen LogP contribution in [0.15, 0.2) is 41.3 Å². The van der Waals surface area contributed by atoms with E-state index in [4.69, 9.17) is 14.2 Å². The molecule has 2 aromatic rings. The van der Waals surface area contributed by atoms with Crippen molar-refractivity contribution in [2.75, 3.05) is 20.0 Å². The van der Waals surface area contributed by atoms with Crippen molar-refractivity contribution < 1.29 is 14.2 Å². The van der Waals surface area contributed by atoms with Crippen molar-refractivity contribution in [3.63, 3.8) is 0 Å². The van der Waals surface area contributed by atoms with Crippen LogP contribution >= 0.6 is 11.8 Å². The summed E-state index contributed by atoms with van der Waals surface area (Å²) in [5.74, 6) is 3.60. The number of hydrogen-bond donors (Lipinski definition) is 0. The number of methoxy groups -OCH3 is 2. The maximum atomic E-state index is 6.20. The molecule has 0 spiro atoms. The second-order valence-corrected chi connectivity index (χ2v) is 6.02. The van der Waals surface area contributed by atoms with Gasteiger partial charge in [0.15, 0.2) is 0 Å². The molecule has 0 bridgehead atoms. The van der Waals surface area contributed by atoms with E-state index in [1.807, 2.05) is 36.0 Å². The summed E-state index contributed by atoms with van der Waals surface area (Å²) in [5, 5.41) is 0. The molecule has 3 rings (SSSR count). The third-order valence-corrected chi connectivity index (χ3v) is 4.67. The second kappa shape index (κ2) is 5.90. The summed E-state index contributed by atoms with van der Waals surface area (Å²) in [6, 6.07) is 12.1. The van der Waals surface area contributed by atoms with E-state index < -0.39 is 0 Å². The molecule has 0 unspecified atom stereocenters. The first-order valence-corrected chi connectivity index (χ1v) is 7.82. The monoisotopic (exact) mass is 302 g/mol. The van der Waals surface area contributed by atoms with E-state index in [0.29, 0.717) is 0 Å². The Morgan fingerprint density at radius 1 is 1.05 bits per heavy atom. The first-order chi connectivity index (χ1) is 10.2. The molecule has 0 fully saturated rings. The number of rotatable bonds is 3. The van der Waals surface area contributed by atoms with E-state index in [-0.39, 0.29) is 6.10 Å². The number of fused-ring (bicyclic) bond motifs is 1. The first-order valence-electron chi connectivity index (χ1n) is 6.83. The van der Waals surface area contributed by atoms with Gasteiger partial charge >= 0.3 is 0 Å². The molecular weight excluding hydrogens is 284 g/mol. The summed E-state index contributed by atoms with van der Waals surface area (Å²) in [7, 11) is 3.37. The molecule has 0 aliphatic carbocycles. The van der Waals surface area contributed by atoms with Crippen LogP contribution in [0.3, 0.4) is 0 Å². The zero-order valence-corrected chi connectivity index (χ0v) is 13.2. The van der Waals surface area contributed by atoms with Gasteiger partial charge in [-0.15, -0.1) is 11.8 Å². The van der Waals surface area contributed by atoms with Gasteiger partial charge in [-0.05, 0) is 42.3 Å². The lowest BCUT2D eigenvalue weighted by Gasteiger charge is -2.27.